The van der Waals surface area contributed by atoms with E-state index < -0.39 is 59.3 Å². The SMILES string of the molecule is CC(=O)N[C@H](CCCCN)C(=O)N[C@@H](C(=O)N[C@H](CCCNC(N)=O)C(=O)Nc1ccc(COC(=O)NCc2ccc(NC(=O)C(C)(C)C)cc2)cc1)C(C)C. The van der Waals surface area contributed by atoms with Crippen LogP contribution in [0.4, 0.5) is 21.0 Å². The van der Waals surface area contributed by atoms with Crippen molar-refractivity contribution < 1.29 is 38.3 Å². The van der Waals surface area contributed by atoms with Gasteiger partial charge in [0.1, 0.15) is 24.7 Å². The number of hydrogen-bond acceptors (Lipinski definition) is 9. The van der Waals surface area contributed by atoms with Gasteiger partial charge in [0, 0.05) is 36.8 Å². The van der Waals surface area contributed by atoms with Crippen molar-refractivity contribution in [2.24, 2.45) is 22.8 Å². The average molecular weight is 782 g/mol. The monoisotopic (exact) mass is 781 g/mol. The molecule has 17 nitrogen and oxygen atoms in total. The van der Waals surface area contributed by atoms with Gasteiger partial charge < -0.3 is 53.4 Å². The van der Waals surface area contributed by atoms with Crippen LogP contribution in [0.15, 0.2) is 48.5 Å². The number of nitrogens with two attached hydrogens (primary N) is 2. The van der Waals surface area contributed by atoms with Crippen LogP contribution in [-0.4, -0.2) is 72.9 Å². The van der Waals surface area contributed by atoms with Gasteiger partial charge in [-0.05, 0) is 80.0 Å². The molecule has 0 aliphatic carbocycles. The third-order valence-electron chi connectivity index (χ3n) is 8.41. The highest BCUT2D eigenvalue weighted by atomic mass is 16.5. The smallest absolute Gasteiger partial charge is 0.407 e. The van der Waals surface area contributed by atoms with Crippen LogP contribution in [0.3, 0.4) is 0 Å². The predicted molar refractivity (Wildman–Crippen MR) is 213 cm³/mol. The maximum Gasteiger partial charge on any atom is 0.407 e. The summed E-state index contributed by atoms with van der Waals surface area (Å²) in [4.78, 5) is 87.7. The quantitative estimate of drug-likeness (QED) is 0.0842. The number of rotatable bonds is 21. The Kier molecular flexibility index (Phi) is 19.3. The number of carbonyl (C=O) groups is 7. The van der Waals surface area contributed by atoms with Crippen LogP contribution in [0.1, 0.15) is 84.8 Å². The van der Waals surface area contributed by atoms with Crippen molar-refractivity contribution in [3.8, 4) is 0 Å². The molecule has 2 aromatic rings. The second-order valence-corrected chi connectivity index (χ2v) is 14.8. The number of benzene rings is 2. The molecule has 0 radical (unpaired) electrons. The summed E-state index contributed by atoms with van der Waals surface area (Å²) in [7, 11) is 0. The lowest BCUT2D eigenvalue weighted by atomic mass is 9.95. The first-order chi connectivity index (χ1) is 26.4. The minimum atomic E-state index is -1.06. The molecule has 0 fully saturated rings. The summed E-state index contributed by atoms with van der Waals surface area (Å²) in [6.07, 6.45) is 1.38. The van der Waals surface area contributed by atoms with Crippen molar-refractivity contribution in [1.82, 2.24) is 26.6 Å². The standard InChI is InChI=1S/C39H59N9O8/c1-24(2)32(48-34(51)30(44-25(3)49)10-7-8-20-40)35(52)47-31(11-9-21-42-37(41)54)33(50)45-28-18-14-27(15-19-28)23-56-38(55)43-22-26-12-16-29(17-13-26)46-36(53)39(4,5)6/h12-19,24,30-32H,7-11,20-23,40H2,1-6H3,(H,43,55)(H,44,49)(H,45,50)(H,46,53)(H,47,52)(H,48,51)(H3,41,42,54)/t30-,31-,32-/m1/s1. The molecule has 308 valence electrons. The molecule has 56 heavy (non-hydrogen) atoms. The largest absolute Gasteiger partial charge is 0.445 e. The van der Waals surface area contributed by atoms with Gasteiger partial charge in [-0.15, -0.1) is 0 Å². The number of urea groups is 1. The molecule has 0 bridgehead atoms. The maximum absolute atomic E-state index is 13.6. The first-order valence-corrected chi connectivity index (χ1v) is 18.7. The highest BCUT2D eigenvalue weighted by Gasteiger charge is 2.31. The third kappa shape index (κ3) is 17.6. The number of amides is 8. The lowest BCUT2D eigenvalue weighted by Crippen LogP contribution is -2.57. The first-order valence-electron chi connectivity index (χ1n) is 18.7. The highest BCUT2D eigenvalue weighted by molar-refractivity contribution is 5.99. The first kappa shape index (κ1) is 46.4. The maximum atomic E-state index is 13.6. The lowest BCUT2D eigenvalue weighted by molar-refractivity contribution is -0.133. The number of anilines is 2. The molecule has 0 aliphatic rings. The zero-order valence-corrected chi connectivity index (χ0v) is 33.2. The van der Waals surface area contributed by atoms with E-state index in [1.165, 1.54) is 6.92 Å². The van der Waals surface area contributed by atoms with Gasteiger partial charge in [-0.2, -0.15) is 0 Å². The molecule has 0 saturated carbocycles. The molecule has 2 aromatic carbocycles. The normalized spacial score (nSPS) is 12.6. The molecule has 17 heteroatoms. The van der Waals surface area contributed by atoms with Crippen LogP contribution in [0.2, 0.25) is 0 Å². The van der Waals surface area contributed by atoms with Crippen molar-refractivity contribution in [3.05, 3.63) is 59.7 Å². The Labute approximate surface area is 328 Å². The van der Waals surface area contributed by atoms with Crippen molar-refractivity contribution in [2.45, 2.75) is 105 Å². The molecule has 2 rings (SSSR count). The Hall–Kier alpha value is -5.71. The molecular weight excluding hydrogens is 722 g/mol. The van der Waals surface area contributed by atoms with Gasteiger partial charge in [0.05, 0.1) is 0 Å². The summed E-state index contributed by atoms with van der Waals surface area (Å²) in [5.41, 5.74) is 12.7. The summed E-state index contributed by atoms with van der Waals surface area (Å²) >= 11 is 0. The fourth-order valence-corrected chi connectivity index (χ4v) is 5.16. The average Bonchev–Trinajstić information content (AvgIpc) is 3.13. The van der Waals surface area contributed by atoms with E-state index in [1.807, 2.05) is 20.8 Å². The second kappa shape index (κ2) is 23.3. The van der Waals surface area contributed by atoms with Crippen LogP contribution in [-0.2, 0) is 41.9 Å². The molecule has 0 spiro atoms. The van der Waals surface area contributed by atoms with E-state index >= 15 is 0 Å². The van der Waals surface area contributed by atoms with E-state index in [2.05, 4.69) is 37.2 Å². The van der Waals surface area contributed by atoms with Gasteiger partial charge in [0.25, 0.3) is 0 Å². The highest BCUT2D eigenvalue weighted by Crippen LogP contribution is 2.18. The second-order valence-electron chi connectivity index (χ2n) is 14.8. The molecule has 0 heterocycles. The van der Waals surface area contributed by atoms with Gasteiger partial charge in [0.2, 0.25) is 29.5 Å². The van der Waals surface area contributed by atoms with Gasteiger partial charge in [-0.1, -0.05) is 58.9 Å². The number of carbonyl (C=O) groups excluding carboxylic acids is 7. The van der Waals surface area contributed by atoms with Crippen LogP contribution < -0.4 is 48.7 Å². The zero-order valence-electron chi connectivity index (χ0n) is 33.2. The minimum absolute atomic E-state index is 0.0402. The molecule has 0 aromatic heterocycles. The molecule has 0 aliphatic heterocycles. The van der Waals surface area contributed by atoms with E-state index in [9.17, 15) is 33.6 Å². The van der Waals surface area contributed by atoms with E-state index in [0.717, 1.165) is 5.56 Å². The number of unbranched alkanes of at least 4 members (excludes halogenated alkanes) is 1. The Morgan fingerprint density at radius 1 is 0.696 bits per heavy atom. The molecule has 3 atom stereocenters. The topological polar surface area (TPSA) is 265 Å². The number of primary amides is 1. The molecule has 8 amide bonds. The van der Waals surface area contributed by atoms with E-state index in [4.69, 9.17) is 16.2 Å². The van der Waals surface area contributed by atoms with Gasteiger partial charge in [0.15, 0.2) is 0 Å². The van der Waals surface area contributed by atoms with E-state index in [1.54, 1.807) is 62.4 Å². The Bertz CT molecular complexity index is 1630. The summed E-state index contributed by atoms with van der Waals surface area (Å²) in [5.74, 6) is -2.56. The van der Waals surface area contributed by atoms with Gasteiger partial charge in [-0.3, -0.25) is 24.0 Å². The van der Waals surface area contributed by atoms with E-state index in [0.29, 0.717) is 49.2 Å². The molecule has 0 saturated heterocycles. The Morgan fingerprint density at radius 3 is 1.82 bits per heavy atom. The number of ether oxygens (including phenoxy) is 1. The molecule has 0 unspecified atom stereocenters. The van der Waals surface area contributed by atoms with Crippen molar-refractivity contribution >= 4 is 53.0 Å². The van der Waals surface area contributed by atoms with Gasteiger partial charge in [-0.25, -0.2) is 9.59 Å². The fourth-order valence-electron chi connectivity index (χ4n) is 5.16. The number of alkyl carbamates (subject to hydrolysis) is 1. The minimum Gasteiger partial charge on any atom is -0.445 e. The summed E-state index contributed by atoms with van der Waals surface area (Å²) in [5, 5.41) is 18.8. The van der Waals surface area contributed by atoms with Crippen LogP contribution in [0, 0.1) is 11.3 Å². The summed E-state index contributed by atoms with van der Waals surface area (Å²) < 4.78 is 5.33. The van der Waals surface area contributed by atoms with Crippen LogP contribution in [0.5, 0.6) is 0 Å². The van der Waals surface area contributed by atoms with E-state index in [-0.39, 0.29) is 37.9 Å². The Balaban J connectivity index is 2.00. The summed E-state index contributed by atoms with van der Waals surface area (Å²) in [6.45, 7) is 11.0. The fraction of sp³-hybridized carbons (Fsp3) is 0.513. The van der Waals surface area contributed by atoms with Crippen molar-refractivity contribution in [1.29, 1.82) is 0 Å². The summed E-state index contributed by atoms with van der Waals surface area (Å²) in [6, 6.07) is 9.97. The van der Waals surface area contributed by atoms with Crippen LogP contribution >= 0.6 is 0 Å². The predicted octanol–water partition coefficient (Wildman–Crippen LogP) is 2.74. The lowest BCUT2D eigenvalue weighted by Gasteiger charge is -2.27. The van der Waals surface area contributed by atoms with Crippen molar-refractivity contribution in [3.63, 3.8) is 0 Å². The third-order valence-corrected chi connectivity index (χ3v) is 8.41. The van der Waals surface area contributed by atoms with Crippen LogP contribution in [0.25, 0.3) is 0 Å². The van der Waals surface area contributed by atoms with Crippen molar-refractivity contribution in [2.75, 3.05) is 23.7 Å². The molecular formula is C39H59N9O8. The Morgan fingerprint density at radius 2 is 1.27 bits per heavy atom. The zero-order chi connectivity index (χ0) is 41.8. The molecule has 11 N–H and O–H groups in total. The number of nitrogens with one attached hydrogen (secondary N) is 7. The number of hydrogen-bond donors (Lipinski definition) is 9. The van der Waals surface area contributed by atoms with Gasteiger partial charge >= 0.3 is 12.1 Å².